The highest BCUT2D eigenvalue weighted by Crippen LogP contribution is 2.42. The SMILES string of the molecule is CCC1C=C(O)C=CC1(CC)CC. The van der Waals surface area contributed by atoms with Gasteiger partial charge >= 0.3 is 0 Å². The van der Waals surface area contributed by atoms with Gasteiger partial charge in [0.2, 0.25) is 0 Å². The van der Waals surface area contributed by atoms with Crippen LogP contribution in [-0.4, -0.2) is 5.11 Å². The lowest BCUT2D eigenvalue weighted by atomic mass is 9.68. The average molecular weight is 180 g/mol. The second kappa shape index (κ2) is 3.99. The van der Waals surface area contributed by atoms with Crippen molar-refractivity contribution < 1.29 is 5.11 Å². The molecule has 0 aromatic carbocycles. The highest BCUT2D eigenvalue weighted by Gasteiger charge is 2.32. The lowest BCUT2D eigenvalue weighted by molar-refractivity contribution is 0.233. The van der Waals surface area contributed by atoms with Gasteiger partial charge in [-0.05, 0) is 42.7 Å². The van der Waals surface area contributed by atoms with E-state index in [-0.39, 0.29) is 0 Å². The van der Waals surface area contributed by atoms with Gasteiger partial charge in [0.25, 0.3) is 0 Å². The van der Waals surface area contributed by atoms with E-state index < -0.39 is 0 Å². The summed E-state index contributed by atoms with van der Waals surface area (Å²) in [6.45, 7) is 6.65. The standard InChI is InChI=1S/C12H20O/c1-4-10-9-11(13)7-8-12(10,5-2)6-3/h7-10,13H,4-6H2,1-3H3. The second-order valence-electron chi connectivity index (χ2n) is 3.88. The van der Waals surface area contributed by atoms with Crippen molar-refractivity contribution >= 4 is 0 Å². The molecule has 0 amide bonds. The first-order chi connectivity index (χ1) is 6.18. The van der Waals surface area contributed by atoms with Gasteiger partial charge in [-0.1, -0.05) is 26.8 Å². The summed E-state index contributed by atoms with van der Waals surface area (Å²) in [5.41, 5.74) is 0.293. The summed E-state index contributed by atoms with van der Waals surface area (Å²) in [7, 11) is 0. The van der Waals surface area contributed by atoms with Gasteiger partial charge in [0, 0.05) is 0 Å². The summed E-state index contributed by atoms with van der Waals surface area (Å²) in [6, 6.07) is 0. The van der Waals surface area contributed by atoms with Crippen molar-refractivity contribution in [2.24, 2.45) is 11.3 Å². The highest BCUT2D eigenvalue weighted by molar-refractivity contribution is 5.23. The molecule has 1 nitrogen and oxygen atoms in total. The van der Waals surface area contributed by atoms with Gasteiger partial charge in [-0.25, -0.2) is 0 Å². The van der Waals surface area contributed by atoms with Gasteiger partial charge in [-0.3, -0.25) is 0 Å². The van der Waals surface area contributed by atoms with Crippen molar-refractivity contribution in [2.75, 3.05) is 0 Å². The zero-order valence-corrected chi connectivity index (χ0v) is 8.88. The number of hydrogen-bond donors (Lipinski definition) is 1. The molecule has 0 radical (unpaired) electrons. The zero-order valence-electron chi connectivity index (χ0n) is 8.88. The maximum atomic E-state index is 9.41. The second-order valence-corrected chi connectivity index (χ2v) is 3.88. The van der Waals surface area contributed by atoms with Crippen molar-refractivity contribution in [3.8, 4) is 0 Å². The molecule has 1 unspecified atom stereocenters. The highest BCUT2D eigenvalue weighted by atomic mass is 16.3. The summed E-state index contributed by atoms with van der Waals surface area (Å²) in [6.07, 6.45) is 9.46. The minimum atomic E-state index is 0.293. The average Bonchev–Trinajstić information content (AvgIpc) is 2.18. The van der Waals surface area contributed by atoms with E-state index in [1.54, 1.807) is 0 Å². The van der Waals surface area contributed by atoms with E-state index in [9.17, 15) is 5.11 Å². The van der Waals surface area contributed by atoms with E-state index in [0.717, 1.165) is 19.3 Å². The summed E-state index contributed by atoms with van der Waals surface area (Å²) < 4.78 is 0. The Morgan fingerprint density at radius 3 is 2.38 bits per heavy atom. The van der Waals surface area contributed by atoms with Crippen LogP contribution < -0.4 is 0 Å². The van der Waals surface area contributed by atoms with Crippen molar-refractivity contribution in [3.05, 3.63) is 24.0 Å². The van der Waals surface area contributed by atoms with Crippen LogP contribution in [0.2, 0.25) is 0 Å². The third kappa shape index (κ3) is 1.79. The first-order valence-corrected chi connectivity index (χ1v) is 5.28. The van der Waals surface area contributed by atoms with Crippen molar-refractivity contribution in [2.45, 2.75) is 40.0 Å². The van der Waals surface area contributed by atoms with Crippen LogP contribution in [0.1, 0.15) is 40.0 Å². The third-order valence-corrected chi connectivity index (χ3v) is 3.45. The Bertz CT molecular complexity index is 221. The fraction of sp³-hybridized carbons (Fsp3) is 0.667. The van der Waals surface area contributed by atoms with E-state index in [0.29, 0.717) is 17.1 Å². The van der Waals surface area contributed by atoms with Crippen molar-refractivity contribution in [1.29, 1.82) is 0 Å². The van der Waals surface area contributed by atoms with Crippen LogP contribution in [0.3, 0.4) is 0 Å². The number of allylic oxidation sites excluding steroid dienone is 3. The molecule has 1 atom stereocenters. The smallest absolute Gasteiger partial charge is 0.111 e. The minimum absolute atomic E-state index is 0.293. The summed E-state index contributed by atoms with van der Waals surface area (Å²) in [4.78, 5) is 0. The molecule has 0 heterocycles. The zero-order chi connectivity index (χ0) is 9.90. The lowest BCUT2D eigenvalue weighted by Gasteiger charge is -2.37. The third-order valence-electron chi connectivity index (χ3n) is 3.45. The van der Waals surface area contributed by atoms with Crippen LogP contribution in [0, 0.1) is 11.3 Å². The maximum absolute atomic E-state index is 9.41. The fourth-order valence-electron chi connectivity index (χ4n) is 2.34. The van der Waals surface area contributed by atoms with Crippen LogP contribution in [0.5, 0.6) is 0 Å². The molecular weight excluding hydrogens is 160 g/mol. The van der Waals surface area contributed by atoms with Crippen molar-refractivity contribution in [3.63, 3.8) is 0 Å². The predicted molar refractivity (Wildman–Crippen MR) is 56.6 cm³/mol. The van der Waals surface area contributed by atoms with Gasteiger partial charge in [-0.15, -0.1) is 0 Å². The van der Waals surface area contributed by atoms with Crippen LogP contribution in [0.25, 0.3) is 0 Å². The van der Waals surface area contributed by atoms with E-state index in [4.69, 9.17) is 0 Å². The van der Waals surface area contributed by atoms with E-state index in [2.05, 4.69) is 26.8 Å². The topological polar surface area (TPSA) is 20.2 Å². The molecule has 1 aliphatic carbocycles. The van der Waals surface area contributed by atoms with Gasteiger partial charge in [0.15, 0.2) is 0 Å². The molecule has 0 bridgehead atoms. The lowest BCUT2D eigenvalue weighted by Crippen LogP contribution is -2.27. The Balaban J connectivity index is 2.92. The van der Waals surface area contributed by atoms with Crippen molar-refractivity contribution in [1.82, 2.24) is 0 Å². The molecule has 0 saturated carbocycles. The Morgan fingerprint density at radius 1 is 1.31 bits per heavy atom. The van der Waals surface area contributed by atoms with Crippen LogP contribution in [0.15, 0.2) is 24.0 Å². The Labute approximate surface area is 81.2 Å². The van der Waals surface area contributed by atoms with Crippen LogP contribution in [0.4, 0.5) is 0 Å². The molecule has 0 aromatic rings. The van der Waals surface area contributed by atoms with Crippen LogP contribution >= 0.6 is 0 Å². The molecule has 13 heavy (non-hydrogen) atoms. The Morgan fingerprint density at radius 2 is 1.92 bits per heavy atom. The normalized spacial score (nSPS) is 25.8. The quantitative estimate of drug-likeness (QED) is 0.699. The van der Waals surface area contributed by atoms with Gasteiger partial charge in [-0.2, -0.15) is 0 Å². The molecule has 1 rings (SSSR count). The van der Waals surface area contributed by atoms with Crippen LogP contribution in [-0.2, 0) is 0 Å². The minimum Gasteiger partial charge on any atom is -0.508 e. The Hall–Kier alpha value is -0.720. The number of aliphatic hydroxyl groups is 1. The first-order valence-electron chi connectivity index (χ1n) is 5.28. The molecule has 0 fully saturated rings. The molecule has 1 N–H and O–H groups in total. The van der Waals surface area contributed by atoms with Gasteiger partial charge < -0.3 is 5.11 Å². The monoisotopic (exact) mass is 180 g/mol. The molecule has 0 spiro atoms. The maximum Gasteiger partial charge on any atom is 0.111 e. The fourth-order valence-corrected chi connectivity index (χ4v) is 2.34. The molecule has 1 aliphatic rings. The largest absolute Gasteiger partial charge is 0.508 e. The van der Waals surface area contributed by atoms with E-state index >= 15 is 0 Å². The number of aliphatic hydroxyl groups excluding tert-OH is 1. The predicted octanol–water partition coefficient (Wildman–Crippen LogP) is 3.83. The number of hydrogen-bond acceptors (Lipinski definition) is 1. The first kappa shape index (κ1) is 10.4. The summed E-state index contributed by atoms with van der Waals surface area (Å²) in [5, 5.41) is 9.41. The molecule has 0 aromatic heterocycles. The Kier molecular flexibility index (Phi) is 3.18. The molecule has 1 heteroatoms. The van der Waals surface area contributed by atoms with Gasteiger partial charge in [0.05, 0.1) is 0 Å². The molecule has 0 aliphatic heterocycles. The summed E-state index contributed by atoms with van der Waals surface area (Å²) >= 11 is 0. The molecule has 74 valence electrons. The van der Waals surface area contributed by atoms with E-state index in [1.165, 1.54) is 0 Å². The van der Waals surface area contributed by atoms with Gasteiger partial charge in [0.1, 0.15) is 5.76 Å². The summed E-state index contributed by atoms with van der Waals surface area (Å²) in [5.74, 6) is 0.942. The van der Waals surface area contributed by atoms with E-state index in [1.807, 2.05) is 12.2 Å². The molecule has 0 saturated heterocycles. The number of rotatable bonds is 3. The molecular formula is C12H20O.